The Morgan fingerprint density at radius 2 is 1.59 bits per heavy atom. The van der Waals surface area contributed by atoms with Crippen LogP contribution in [-0.4, -0.2) is 23.6 Å². The fraction of sp³-hybridized carbons (Fsp3) is 0.409. The average Bonchev–Trinajstić information content (AvgIpc) is 2.68. The summed E-state index contributed by atoms with van der Waals surface area (Å²) in [4.78, 5) is 12.2. The lowest BCUT2D eigenvalue weighted by Crippen LogP contribution is -2.51. The van der Waals surface area contributed by atoms with Gasteiger partial charge in [0.15, 0.2) is 0 Å². The third-order valence-corrected chi connectivity index (χ3v) is 4.31. The number of benzene rings is 2. The van der Waals surface area contributed by atoms with Crippen LogP contribution in [0.1, 0.15) is 37.8 Å². The van der Waals surface area contributed by atoms with Gasteiger partial charge in [0.05, 0.1) is 6.17 Å². The van der Waals surface area contributed by atoms with Gasteiger partial charge in [-0.05, 0) is 36.3 Å². The number of aryl methyl sites for hydroxylation is 1. The minimum atomic E-state index is -0.693. The highest BCUT2D eigenvalue weighted by molar-refractivity contribution is 5.67. The first-order valence-corrected chi connectivity index (χ1v) is 9.50. The molecular formula is C22H30N2O3. The fourth-order valence-corrected chi connectivity index (χ4v) is 2.66. The largest absolute Gasteiger partial charge is 0.445 e. The number of carbonyl (C=O) groups excluding carboxylic acids is 1. The van der Waals surface area contributed by atoms with Gasteiger partial charge in [0.25, 0.3) is 0 Å². The van der Waals surface area contributed by atoms with Crippen molar-refractivity contribution in [1.29, 1.82) is 0 Å². The minimum absolute atomic E-state index is 0.0452. The SMILES string of the molecule is CC(C)C(O)NC(CCCc1ccccc1)NC(=O)OCc1ccccc1. The lowest BCUT2D eigenvalue weighted by molar-refractivity contribution is 0.0663. The second-order valence-corrected chi connectivity index (χ2v) is 6.99. The fourth-order valence-electron chi connectivity index (χ4n) is 2.66. The normalized spacial score (nSPS) is 13.2. The summed E-state index contributed by atoms with van der Waals surface area (Å²) in [5.41, 5.74) is 2.19. The summed E-state index contributed by atoms with van der Waals surface area (Å²) in [5.74, 6) is 0.0452. The van der Waals surface area contributed by atoms with E-state index >= 15 is 0 Å². The number of hydrogen-bond donors (Lipinski definition) is 3. The van der Waals surface area contributed by atoms with Crippen molar-refractivity contribution in [3.8, 4) is 0 Å². The Morgan fingerprint density at radius 3 is 2.19 bits per heavy atom. The van der Waals surface area contributed by atoms with Gasteiger partial charge in [-0.3, -0.25) is 5.32 Å². The first kappa shape index (κ1) is 20.9. The number of amides is 1. The number of rotatable bonds is 10. The molecule has 0 aliphatic heterocycles. The predicted molar refractivity (Wildman–Crippen MR) is 107 cm³/mol. The highest BCUT2D eigenvalue weighted by Crippen LogP contribution is 2.08. The van der Waals surface area contributed by atoms with Crippen molar-refractivity contribution in [2.45, 2.75) is 52.1 Å². The van der Waals surface area contributed by atoms with Crippen LogP contribution < -0.4 is 10.6 Å². The van der Waals surface area contributed by atoms with Crippen molar-refractivity contribution < 1.29 is 14.6 Å². The summed E-state index contributed by atoms with van der Waals surface area (Å²) in [5, 5.41) is 16.0. The summed E-state index contributed by atoms with van der Waals surface area (Å²) in [6, 6.07) is 19.8. The van der Waals surface area contributed by atoms with Gasteiger partial charge < -0.3 is 15.2 Å². The van der Waals surface area contributed by atoms with E-state index < -0.39 is 12.3 Å². The highest BCUT2D eigenvalue weighted by atomic mass is 16.5. The molecule has 5 nitrogen and oxygen atoms in total. The van der Waals surface area contributed by atoms with Gasteiger partial charge >= 0.3 is 6.09 Å². The molecule has 0 saturated heterocycles. The van der Waals surface area contributed by atoms with Gasteiger partial charge in [-0.1, -0.05) is 74.5 Å². The third-order valence-electron chi connectivity index (χ3n) is 4.31. The van der Waals surface area contributed by atoms with Gasteiger partial charge in [-0.15, -0.1) is 0 Å². The second-order valence-electron chi connectivity index (χ2n) is 6.99. The van der Waals surface area contributed by atoms with Crippen LogP contribution in [0.25, 0.3) is 0 Å². The summed E-state index contributed by atoms with van der Waals surface area (Å²) >= 11 is 0. The molecule has 3 N–H and O–H groups in total. The molecule has 2 aromatic carbocycles. The summed E-state index contributed by atoms with van der Waals surface area (Å²) in [7, 11) is 0. The van der Waals surface area contributed by atoms with E-state index in [0.29, 0.717) is 6.42 Å². The first-order valence-electron chi connectivity index (χ1n) is 9.50. The molecule has 0 aromatic heterocycles. The van der Waals surface area contributed by atoms with Crippen molar-refractivity contribution >= 4 is 6.09 Å². The predicted octanol–water partition coefficient (Wildman–Crippen LogP) is 3.83. The highest BCUT2D eigenvalue weighted by Gasteiger charge is 2.18. The molecule has 146 valence electrons. The number of nitrogens with one attached hydrogen (secondary N) is 2. The Balaban J connectivity index is 1.83. The molecule has 1 amide bonds. The maximum atomic E-state index is 12.2. The Morgan fingerprint density at radius 1 is 1.00 bits per heavy atom. The molecule has 0 spiro atoms. The van der Waals surface area contributed by atoms with E-state index in [2.05, 4.69) is 22.8 Å². The van der Waals surface area contributed by atoms with E-state index in [1.807, 2.05) is 62.4 Å². The van der Waals surface area contributed by atoms with Crippen LogP contribution in [0.4, 0.5) is 4.79 Å². The summed E-state index contributed by atoms with van der Waals surface area (Å²) in [6.07, 6.45) is 0.949. The Bertz CT molecular complexity index is 662. The zero-order chi connectivity index (χ0) is 19.5. The van der Waals surface area contributed by atoms with Gasteiger partial charge in [-0.2, -0.15) is 0 Å². The molecule has 2 aromatic rings. The van der Waals surface area contributed by atoms with Crippen molar-refractivity contribution in [2.24, 2.45) is 5.92 Å². The van der Waals surface area contributed by atoms with Crippen LogP contribution in [0.5, 0.6) is 0 Å². The van der Waals surface area contributed by atoms with Gasteiger partial charge in [0, 0.05) is 0 Å². The number of alkyl carbamates (subject to hydrolysis) is 1. The van der Waals surface area contributed by atoms with E-state index in [-0.39, 0.29) is 18.7 Å². The molecule has 27 heavy (non-hydrogen) atoms. The first-order chi connectivity index (χ1) is 13.0. The van der Waals surface area contributed by atoms with E-state index in [0.717, 1.165) is 18.4 Å². The number of aliphatic hydroxyl groups excluding tert-OH is 1. The number of hydrogen-bond acceptors (Lipinski definition) is 4. The molecule has 2 rings (SSSR count). The van der Waals surface area contributed by atoms with Gasteiger partial charge in [0.1, 0.15) is 12.8 Å². The molecule has 0 heterocycles. The number of aliphatic hydroxyl groups is 1. The van der Waals surface area contributed by atoms with E-state index in [9.17, 15) is 9.90 Å². The van der Waals surface area contributed by atoms with E-state index in [4.69, 9.17) is 4.74 Å². The molecular weight excluding hydrogens is 340 g/mol. The zero-order valence-corrected chi connectivity index (χ0v) is 16.1. The van der Waals surface area contributed by atoms with Crippen LogP contribution in [0, 0.1) is 5.92 Å². The number of carbonyl (C=O) groups is 1. The van der Waals surface area contributed by atoms with Gasteiger partial charge in [0.2, 0.25) is 0 Å². The number of ether oxygens (including phenoxy) is 1. The molecule has 5 heteroatoms. The average molecular weight is 370 g/mol. The molecule has 0 aliphatic carbocycles. The van der Waals surface area contributed by atoms with Crippen LogP contribution in [-0.2, 0) is 17.8 Å². The summed E-state index contributed by atoms with van der Waals surface area (Å²) < 4.78 is 5.29. The Hall–Kier alpha value is -2.37. The lowest BCUT2D eigenvalue weighted by atomic mass is 10.1. The zero-order valence-electron chi connectivity index (χ0n) is 16.1. The van der Waals surface area contributed by atoms with Crippen molar-refractivity contribution in [3.05, 3.63) is 71.8 Å². The third kappa shape index (κ3) is 8.24. The standard InChI is InChI=1S/C22H30N2O3/c1-17(2)21(25)23-20(15-9-14-18-10-5-3-6-11-18)24-22(26)27-16-19-12-7-4-8-13-19/h3-8,10-13,17,20-21,23,25H,9,14-16H2,1-2H3,(H,24,26). The molecule has 2 unspecified atom stereocenters. The molecule has 0 fully saturated rings. The second kappa shape index (κ2) is 11.4. The molecule has 2 atom stereocenters. The molecule has 0 bridgehead atoms. The van der Waals surface area contributed by atoms with Crippen LogP contribution in [0.3, 0.4) is 0 Å². The van der Waals surface area contributed by atoms with Crippen molar-refractivity contribution in [2.75, 3.05) is 0 Å². The van der Waals surface area contributed by atoms with Crippen molar-refractivity contribution in [1.82, 2.24) is 10.6 Å². The van der Waals surface area contributed by atoms with Crippen LogP contribution in [0.15, 0.2) is 60.7 Å². The molecule has 0 radical (unpaired) electrons. The van der Waals surface area contributed by atoms with Crippen LogP contribution >= 0.6 is 0 Å². The maximum Gasteiger partial charge on any atom is 0.408 e. The van der Waals surface area contributed by atoms with Crippen LogP contribution in [0.2, 0.25) is 0 Å². The lowest BCUT2D eigenvalue weighted by Gasteiger charge is -2.25. The minimum Gasteiger partial charge on any atom is -0.445 e. The molecule has 0 aliphatic rings. The quantitative estimate of drug-likeness (QED) is 0.556. The Kier molecular flexibility index (Phi) is 8.81. The van der Waals surface area contributed by atoms with E-state index in [1.54, 1.807) is 0 Å². The maximum absolute atomic E-state index is 12.2. The van der Waals surface area contributed by atoms with Crippen molar-refractivity contribution in [3.63, 3.8) is 0 Å². The molecule has 0 saturated carbocycles. The van der Waals surface area contributed by atoms with E-state index in [1.165, 1.54) is 5.56 Å². The topological polar surface area (TPSA) is 70.6 Å². The monoisotopic (exact) mass is 370 g/mol. The smallest absolute Gasteiger partial charge is 0.408 e. The summed E-state index contributed by atoms with van der Waals surface area (Å²) in [6.45, 7) is 4.06. The van der Waals surface area contributed by atoms with Gasteiger partial charge in [-0.25, -0.2) is 4.79 Å². The Labute approximate surface area is 161 Å².